The van der Waals surface area contributed by atoms with Gasteiger partial charge < -0.3 is 24.1 Å². The maximum atomic E-state index is 10.0. The summed E-state index contributed by atoms with van der Waals surface area (Å²) in [6.07, 6.45) is 1.67. The van der Waals surface area contributed by atoms with Crippen molar-refractivity contribution >= 4 is 0 Å². The fourth-order valence-electron chi connectivity index (χ4n) is 3.18. The molecule has 0 fully saturated rings. The van der Waals surface area contributed by atoms with Crippen molar-refractivity contribution in [1.82, 2.24) is 0 Å². The van der Waals surface area contributed by atoms with E-state index in [1.54, 1.807) is 27.4 Å². The molecule has 1 aliphatic carbocycles. The Hall–Kier alpha value is -2.56. The minimum atomic E-state index is 0.147. The first-order valence-corrected chi connectivity index (χ1v) is 7.36. The summed E-state index contributed by atoms with van der Waals surface area (Å²) >= 11 is 0. The number of phenols is 1. The van der Waals surface area contributed by atoms with Crippen LogP contribution in [-0.4, -0.2) is 33.5 Å². The Labute approximate surface area is 135 Å². The Balaban J connectivity index is 2.32. The van der Waals surface area contributed by atoms with Gasteiger partial charge in [0.2, 0.25) is 5.75 Å². The number of phenolic OH excluding ortho intramolecular Hbond substituents is 1. The summed E-state index contributed by atoms with van der Waals surface area (Å²) in [5, 5.41) is 10.0. The van der Waals surface area contributed by atoms with E-state index in [2.05, 4.69) is 0 Å². The molecule has 1 aliphatic rings. The van der Waals surface area contributed by atoms with Gasteiger partial charge in [0.1, 0.15) is 0 Å². The molecule has 5 nitrogen and oxygen atoms in total. The smallest absolute Gasteiger partial charge is 0.203 e. The van der Waals surface area contributed by atoms with Gasteiger partial charge in [0, 0.05) is 5.56 Å². The van der Waals surface area contributed by atoms with E-state index in [1.165, 1.54) is 7.11 Å². The normalized spacial score (nSPS) is 12.2. The number of fused-ring (bicyclic) bond motifs is 3. The summed E-state index contributed by atoms with van der Waals surface area (Å²) in [7, 11) is 6.36. The minimum absolute atomic E-state index is 0.147. The number of methoxy groups -OCH3 is 4. The highest BCUT2D eigenvalue weighted by molar-refractivity contribution is 5.84. The molecule has 0 bridgehead atoms. The second-order valence-electron chi connectivity index (χ2n) is 5.36. The van der Waals surface area contributed by atoms with E-state index in [9.17, 15) is 5.11 Å². The molecule has 5 heteroatoms. The minimum Gasteiger partial charge on any atom is -0.504 e. The number of aryl methyl sites for hydroxylation is 2. The fourth-order valence-corrected chi connectivity index (χ4v) is 3.18. The van der Waals surface area contributed by atoms with Gasteiger partial charge in [0.15, 0.2) is 23.0 Å². The fraction of sp³-hybridized carbons (Fsp3) is 0.333. The Bertz CT molecular complexity index is 752. The summed E-state index contributed by atoms with van der Waals surface area (Å²) in [5.41, 5.74) is 4.13. The molecule has 0 radical (unpaired) electrons. The van der Waals surface area contributed by atoms with Crippen molar-refractivity contribution in [3.8, 4) is 39.9 Å². The van der Waals surface area contributed by atoms with Crippen LogP contribution in [0.1, 0.15) is 11.1 Å². The van der Waals surface area contributed by atoms with Crippen LogP contribution < -0.4 is 18.9 Å². The van der Waals surface area contributed by atoms with Crippen LogP contribution >= 0.6 is 0 Å². The van der Waals surface area contributed by atoms with Gasteiger partial charge in [-0.05, 0) is 47.7 Å². The van der Waals surface area contributed by atoms with E-state index in [0.29, 0.717) is 23.0 Å². The number of benzene rings is 2. The third-order valence-corrected chi connectivity index (χ3v) is 4.25. The van der Waals surface area contributed by atoms with Crippen LogP contribution in [0, 0.1) is 0 Å². The van der Waals surface area contributed by atoms with E-state index in [4.69, 9.17) is 18.9 Å². The zero-order valence-electron chi connectivity index (χ0n) is 13.7. The Morgan fingerprint density at radius 1 is 0.739 bits per heavy atom. The van der Waals surface area contributed by atoms with Crippen molar-refractivity contribution < 1.29 is 24.1 Å². The highest BCUT2D eigenvalue weighted by Gasteiger charge is 2.27. The summed E-state index contributed by atoms with van der Waals surface area (Å²) in [6.45, 7) is 0. The molecular formula is C18H20O5. The number of aromatic hydroxyl groups is 1. The number of rotatable bonds is 4. The third-order valence-electron chi connectivity index (χ3n) is 4.25. The Kier molecular flexibility index (Phi) is 3.94. The lowest BCUT2D eigenvalue weighted by Gasteiger charge is -2.25. The monoisotopic (exact) mass is 316 g/mol. The molecule has 2 aromatic carbocycles. The van der Waals surface area contributed by atoms with Crippen molar-refractivity contribution in [2.45, 2.75) is 12.8 Å². The van der Waals surface area contributed by atoms with E-state index >= 15 is 0 Å². The molecule has 23 heavy (non-hydrogen) atoms. The van der Waals surface area contributed by atoms with Gasteiger partial charge in [0.05, 0.1) is 28.4 Å². The maximum Gasteiger partial charge on any atom is 0.203 e. The molecule has 2 aromatic rings. The summed E-state index contributed by atoms with van der Waals surface area (Å²) < 4.78 is 21.8. The van der Waals surface area contributed by atoms with Gasteiger partial charge >= 0.3 is 0 Å². The molecule has 3 rings (SSSR count). The van der Waals surface area contributed by atoms with Gasteiger partial charge in [-0.1, -0.05) is 0 Å². The topological polar surface area (TPSA) is 57.2 Å². The van der Waals surface area contributed by atoms with Crippen molar-refractivity contribution in [2.75, 3.05) is 28.4 Å². The van der Waals surface area contributed by atoms with Crippen LogP contribution in [0.3, 0.4) is 0 Å². The van der Waals surface area contributed by atoms with Crippen LogP contribution in [-0.2, 0) is 12.8 Å². The first-order valence-electron chi connectivity index (χ1n) is 7.36. The number of hydrogen-bond donors (Lipinski definition) is 1. The van der Waals surface area contributed by atoms with E-state index in [0.717, 1.165) is 35.1 Å². The average Bonchev–Trinajstić information content (AvgIpc) is 2.58. The van der Waals surface area contributed by atoms with Crippen molar-refractivity contribution in [2.24, 2.45) is 0 Å². The molecule has 0 amide bonds. The third kappa shape index (κ3) is 2.32. The standard InChI is InChI=1S/C18H20O5/c1-20-14-9-12-10(7-13(14)19)5-6-11-8-15(21-2)17(22-3)18(23-4)16(11)12/h7-9,19H,5-6H2,1-4H3. The molecule has 0 saturated heterocycles. The van der Waals surface area contributed by atoms with Crippen LogP contribution in [0.4, 0.5) is 0 Å². The lowest BCUT2D eigenvalue weighted by Crippen LogP contribution is -2.08. The van der Waals surface area contributed by atoms with E-state index < -0.39 is 0 Å². The summed E-state index contributed by atoms with van der Waals surface area (Å²) in [5.74, 6) is 2.43. The lowest BCUT2D eigenvalue weighted by atomic mass is 9.84. The largest absolute Gasteiger partial charge is 0.504 e. The molecule has 0 saturated carbocycles. The van der Waals surface area contributed by atoms with Gasteiger partial charge in [0.25, 0.3) is 0 Å². The first-order chi connectivity index (χ1) is 11.1. The zero-order valence-corrected chi connectivity index (χ0v) is 13.7. The van der Waals surface area contributed by atoms with Gasteiger partial charge in [-0.3, -0.25) is 0 Å². The highest BCUT2D eigenvalue weighted by atomic mass is 16.5. The second-order valence-corrected chi connectivity index (χ2v) is 5.36. The summed E-state index contributed by atoms with van der Waals surface area (Å²) in [4.78, 5) is 0. The summed E-state index contributed by atoms with van der Waals surface area (Å²) in [6, 6.07) is 5.59. The average molecular weight is 316 g/mol. The first kappa shape index (κ1) is 15.3. The molecule has 0 spiro atoms. The highest BCUT2D eigenvalue weighted by Crippen LogP contribution is 2.51. The van der Waals surface area contributed by atoms with E-state index in [1.807, 2.05) is 12.1 Å². The van der Waals surface area contributed by atoms with Crippen LogP contribution in [0.5, 0.6) is 28.7 Å². The van der Waals surface area contributed by atoms with Crippen LogP contribution in [0.25, 0.3) is 11.1 Å². The van der Waals surface area contributed by atoms with E-state index in [-0.39, 0.29) is 5.75 Å². The number of ether oxygens (including phenoxy) is 4. The molecule has 1 N–H and O–H groups in total. The molecule has 0 aromatic heterocycles. The van der Waals surface area contributed by atoms with Crippen LogP contribution in [0.2, 0.25) is 0 Å². The Morgan fingerprint density at radius 3 is 2.00 bits per heavy atom. The molecule has 122 valence electrons. The van der Waals surface area contributed by atoms with Crippen molar-refractivity contribution in [3.63, 3.8) is 0 Å². The lowest BCUT2D eigenvalue weighted by molar-refractivity contribution is 0.324. The second kappa shape index (κ2) is 5.91. The van der Waals surface area contributed by atoms with Gasteiger partial charge in [-0.25, -0.2) is 0 Å². The Morgan fingerprint density at radius 2 is 1.39 bits per heavy atom. The molecule has 0 aliphatic heterocycles. The molecule has 0 unspecified atom stereocenters. The van der Waals surface area contributed by atoms with Crippen LogP contribution in [0.15, 0.2) is 18.2 Å². The number of hydrogen-bond acceptors (Lipinski definition) is 5. The predicted molar refractivity (Wildman–Crippen MR) is 87.2 cm³/mol. The maximum absolute atomic E-state index is 10.0. The molecule has 0 heterocycles. The van der Waals surface area contributed by atoms with Crippen molar-refractivity contribution in [3.05, 3.63) is 29.3 Å². The quantitative estimate of drug-likeness (QED) is 0.939. The molecular weight excluding hydrogens is 296 g/mol. The van der Waals surface area contributed by atoms with Crippen molar-refractivity contribution in [1.29, 1.82) is 0 Å². The molecule has 0 atom stereocenters. The van der Waals surface area contributed by atoms with Gasteiger partial charge in [-0.15, -0.1) is 0 Å². The SMILES string of the molecule is COc1cc2c(cc1O)CCc1cc(OC)c(OC)c(OC)c1-2. The zero-order chi connectivity index (χ0) is 16.6. The predicted octanol–water partition coefficient (Wildman–Crippen LogP) is 3.19. The van der Waals surface area contributed by atoms with Gasteiger partial charge in [-0.2, -0.15) is 0 Å².